The van der Waals surface area contributed by atoms with E-state index in [2.05, 4.69) is 10.6 Å². The number of carbonyl (C=O) groups is 3. The molecule has 136 valence electrons. The number of hydrogen-bond donors (Lipinski definition) is 2. The van der Waals surface area contributed by atoms with Crippen molar-refractivity contribution in [2.24, 2.45) is 0 Å². The van der Waals surface area contributed by atoms with Crippen LogP contribution < -0.4 is 10.6 Å². The van der Waals surface area contributed by atoms with E-state index in [1.165, 1.54) is 20.1 Å². The first-order valence-corrected chi connectivity index (χ1v) is 7.57. The summed E-state index contributed by atoms with van der Waals surface area (Å²) in [5, 5.41) is 5.01. The standard InChI is InChI=1S/C16H19F2N3O4/c1-9(8-25-3)19-13(22)7-21-14(23)16(2,20-15(21)24)10-4-5-11(17)12(18)6-10/h4-6,9H,7-8H2,1-3H3,(H,19,22)(H,20,24). The van der Waals surface area contributed by atoms with Gasteiger partial charge < -0.3 is 15.4 Å². The maximum Gasteiger partial charge on any atom is 0.325 e. The lowest BCUT2D eigenvalue weighted by Gasteiger charge is -2.22. The molecule has 1 aromatic carbocycles. The average Bonchev–Trinajstić information content (AvgIpc) is 2.74. The highest BCUT2D eigenvalue weighted by molar-refractivity contribution is 6.09. The van der Waals surface area contributed by atoms with Crippen molar-refractivity contribution < 1.29 is 27.9 Å². The van der Waals surface area contributed by atoms with Gasteiger partial charge in [-0.25, -0.2) is 13.6 Å². The summed E-state index contributed by atoms with van der Waals surface area (Å²) < 4.78 is 31.4. The van der Waals surface area contributed by atoms with E-state index in [1.54, 1.807) is 6.92 Å². The summed E-state index contributed by atoms with van der Waals surface area (Å²) in [5.74, 6) is -3.46. The second-order valence-electron chi connectivity index (χ2n) is 6.00. The fourth-order valence-electron chi connectivity index (χ4n) is 2.60. The van der Waals surface area contributed by atoms with Gasteiger partial charge in [-0.2, -0.15) is 0 Å². The predicted octanol–water partition coefficient (Wildman–Crippen LogP) is 0.883. The highest BCUT2D eigenvalue weighted by atomic mass is 19.2. The van der Waals surface area contributed by atoms with Crippen LogP contribution in [0.25, 0.3) is 0 Å². The zero-order chi connectivity index (χ0) is 18.8. The summed E-state index contributed by atoms with van der Waals surface area (Å²) in [6.45, 7) is 2.86. The Labute approximate surface area is 143 Å². The number of ether oxygens (including phenoxy) is 1. The summed E-state index contributed by atoms with van der Waals surface area (Å²) in [4.78, 5) is 37.4. The van der Waals surface area contributed by atoms with Gasteiger partial charge in [-0.15, -0.1) is 0 Å². The molecule has 9 heteroatoms. The van der Waals surface area contributed by atoms with E-state index in [0.717, 1.165) is 17.0 Å². The van der Waals surface area contributed by atoms with Crippen LogP contribution >= 0.6 is 0 Å². The van der Waals surface area contributed by atoms with Crippen LogP contribution in [-0.2, 0) is 19.9 Å². The molecule has 1 saturated heterocycles. The lowest BCUT2D eigenvalue weighted by Crippen LogP contribution is -2.45. The molecule has 0 radical (unpaired) electrons. The SMILES string of the molecule is COCC(C)NC(=O)CN1C(=O)NC(C)(c2ccc(F)c(F)c2)C1=O. The minimum atomic E-state index is -1.58. The zero-order valence-electron chi connectivity index (χ0n) is 14.1. The smallest absolute Gasteiger partial charge is 0.325 e. The van der Waals surface area contributed by atoms with Crippen molar-refractivity contribution in [2.75, 3.05) is 20.3 Å². The highest BCUT2D eigenvalue weighted by Gasteiger charge is 2.49. The third-order valence-electron chi connectivity index (χ3n) is 3.90. The number of hydrogen-bond acceptors (Lipinski definition) is 4. The summed E-state index contributed by atoms with van der Waals surface area (Å²) in [6.07, 6.45) is 0. The largest absolute Gasteiger partial charge is 0.383 e. The van der Waals surface area contributed by atoms with E-state index in [9.17, 15) is 23.2 Å². The number of imide groups is 1. The van der Waals surface area contributed by atoms with E-state index in [-0.39, 0.29) is 18.2 Å². The molecule has 1 aliphatic rings. The Morgan fingerprint density at radius 1 is 1.36 bits per heavy atom. The molecule has 0 aliphatic carbocycles. The van der Waals surface area contributed by atoms with E-state index >= 15 is 0 Å². The number of nitrogens with one attached hydrogen (secondary N) is 2. The fraction of sp³-hybridized carbons (Fsp3) is 0.438. The molecule has 7 nitrogen and oxygen atoms in total. The number of rotatable bonds is 6. The van der Waals surface area contributed by atoms with Gasteiger partial charge in [0, 0.05) is 13.2 Å². The molecule has 0 bridgehead atoms. The summed E-state index contributed by atoms with van der Waals surface area (Å²) >= 11 is 0. The number of urea groups is 1. The highest BCUT2D eigenvalue weighted by Crippen LogP contribution is 2.29. The Hall–Kier alpha value is -2.55. The lowest BCUT2D eigenvalue weighted by atomic mass is 9.92. The van der Waals surface area contributed by atoms with Gasteiger partial charge in [0.1, 0.15) is 12.1 Å². The van der Waals surface area contributed by atoms with Gasteiger partial charge in [-0.05, 0) is 31.5 Å². The van der Waals surface area contributed by atoms with E-state index < -0.39 is 41.6 Å². The van der Waals surface area contributed by atoms with Gasteiger partial charge in [0.05, 0.1) is 6.61 Å². The van der Waals surface area contributed by atoms with E-state index in [4.69, 9.17) is 4.74 Å². The average molecular weight is 355 g/mol. The zero-order valence-corrected chi connectivity index (χ0v) is 14.1. The molecule has 25 heavy (non-hydrogen) atoms. The lowest BCUT2D eigenvalue weighted by molar-refractivity contribution is -0.135. The summed E-state index contributed by atoms with van der Waals surface area (Å²) in [6, 6.07) is 1.85. The van der Waals surface area contributed by atoms with E-state index in [1.807, 2.05) is 0 Å². The Bertz CT molecular complexity index is 713. The Balaban J connectivity index is 2.16. The maximum absolute atomic E-state index is 13.5. The van der Waals surface area contributed by atoms with Crippen LogP contribution in [0.3, 0.4) is 0 Å². The van der Waals surface area contributed by atoms with Gasteiger partial charge in [-0.1, -0.05) is 6.07 Å². The molecule has 2 rings (SSSR count). The number of carbonyl (C=O) groups excluding carboxylic acids is 3. The van der Waals surface area contributed by atoms with Crippen LogP contribution in [-0.4, -0.2) is 49.0 Å². The van der Waals surface area contributed by atoms with Gasteiger partial charge in [0.15, 0.2) is 11.6 Å². The second-order valence-corrected chi connectivity index (χ2v) is 6.00. The predicted molar refractivity (Wildman–Crippen MR) is 83.4 cm³/mol. The van der Waals surface area contributed by atoms with Gasteiger partial charge in [0.2, 0.25) is 5.91 Å². The Morgan fingerprint density at radius 3 is 2.64 bits per heavy atom. The first-order valence-electron chi connectivity index (χ1n) is 7.57. The van der Waals surface area contributed by atoms with Crippen molar-refractivity contribution >= 4 is 17.8 Å². The quantitative estimate of drug-likeness (QED) is 0.742. The number of amides is 4. The molecule has 2 N–H and O–H groups in total. The molecule has 1 heterocycles. The van der Waals surface area contributed by atoms with Crippen molar-refractivity contribution in [3.05, 3.63) is 35.4 Å². The minimum absolute atomic E-state index is 0.0837. The van der Waals surface area contributed by atoms with Gasteiger partial charge in [-0.3, -0.25) is 14.5 Å². The Morgan fingerprint density at radius 2 is 2.04 bits per heavy atom. The van der Waals surface area contributed by atoms with E-state index in [0.29, 0.717) is 0 Å². The molecule has 2 unspecified atom stereocenters. The topological polar surface area (TPSA) is 87.7 Å². The van der Waals surface area contributed by atoms with Crippen LogP contribution in [0.5, 0.6) is 0 Å². The fourth-order valence-corrected chi connectivity index (χ4v) is 2.60. The van der Waals surface area contributed by atoms with Crippen molar-refractivity contribution in [1.29, 1.82) is 0 Å². The number of benzene rings is 1. The van der Waals surface area contributed by atoms with Crippen molar-refractivity contribution in [3.8, 4) is 0 Å². The second kappa shape index (κ2) is 7.14. The van der Waals surface area contributed by atoms with Crippen LogP contribution in [0, 0.1) is 11.6 Å². The third kappa shape index (κ3) is 3.76. The van der Waals surface area contributed by atoms with Crippen molar-refractivity contribution in [3.63, 3.8) is 0 Å². The molecule has 2 atom stereocenters. The molecule has 4 amide bonds. The van der Waals surface area contributed by atoms with Gasteiger partial charge in [0.25, 0.3) is 5.91 Å². The van der Waals surface area contributed by atoms with Crippen LogP contribution in [0.4, 0.5) is 13.6 Å². The van der Waals surface area contributed by atoms with Crippen LogP contribution in [0.2, 0.25) is 0 Å². The first kappa shape index (κ1) is 18.8. The van der Waals surface area contributed by atoms with Crippen molar-refractivity contribution in [2.45, 2.75) is 25.4 Å². The van der Waals surface area contributed by atoms with Crippen LogP contribution in [0.1, 0.15) is 19.4 Å². The first-order chi connectivity index (χ1) is 11.7. The number of nitrogens with zero attached hydrogens (tertiary/aromatic N) is 1. The molecule has 0 aromatic heterocycles. The third-order valence-corrected chi connectivity index (χ3v) is 3.90. The summed E-state index contributed by atoms with van der Waals surface area (Å²) in [7, 11) is 1.48. The molecule has 1 fully saturated rings. The summed E-state index contributed by atoms with van der Waals surface area (Å²) in [5.41, 5.74) is -1.50. The normalized spacial score (nSPS) is 21.2. The number of methoxy groups -OCH3 is 1. The molecule has 0 saturated carbocycles. The molecular formula is C16H19F2N3O4. The molecule has 0 spiro atoms. The molecule has 1 aliphatic heterocycles. The number of halogens is 2. The van der Waals surface area contributed by atoms with Crippen LogP contribution in [0.15, 0.2) is 18.2 Å². The van der Waals surface area contributed by atoms with Crippen molar-refractivity contribution in [1.82, 2.24) is 15.5 Å². The minimum Gasteiger partial charge on any atom is -0.383 e. The Kier molecular flexibility index (Phi) is 5.36. The maximum atomic E-state index is 13.5. The molecule has 1 aromatic rings. The molecular weight excluding hydrogens is 336 g/mol. The monoisotopic (exact) mass is 355 g/mol. The van der Waals surface area contributed by atoms with Gasteiger partial charge >= 0.3 is 6.03 Å².